The quantitative estimate of drug-likeness (QED) is 0.695. The summed E-state index contributed by atoms with van der Waals surface area (Å²) in [6.07, 6.45) is 7.64. The van der Waals surface area contributed by atoms with E-state index in [1.54, 1.807) is 7.11 Å². The van der Waals surface area contributed by atoms with Gasteiger partial charge in [0.25, 0.3) is 0 Å². The fraction of sp³-hybridized carbons (Fsp3) is 0.500. The lowest BCUT2D eigenvalue weighted by atomic mass is 9.61. The van der Waals surface area contributed by atoms with Gasteiger partial charge in [-0.2, -0.15) is 0 Å². The molecule has 0 saturated heterocycles. The Hall–Kier alpha value is -1.24. The van der Waals surface area contributed by atoms with Crippen molar-refractivity contribution in [3.63, 3.8) is 0 Å². The molecule has 4 rings (SSSR count). The van der Waals surface area contributed by atoms with Gasteiger partial charge in [0.2, 0.25) is 0 Å². The molecular formula is C16H20O. The van der Waals surface area contributed by atoms with E-state index in [0.29, 0.717) is 5.92 Å². The second kappa shape index (κ2) is 4.21. The zero-order valence-electron chi connectivity index (χ0n) is 10.6. The Morgan fingerprint density at radius 1 is 1.00 bits per heavy atom. The molecule has 0 aromatic heterocycles. The standard InChI is InChI=1S/C16H20O/c1-11-12-3-5-13(6-4-12)16(11)14-7-9-15(17-2)10-8-14/h3,5,7-13,16H,4,6H2,1-2H3. The Morgan fingerprint density at radius 3 is 2.18 bits per heavy atom. The third kappa shape index (κ3) is 1.78. The topological polar surface area (TPSA) is 9.23 Å². The molecule has 4 atom stereocenters. The lowest BCUT2D eigenvalue weighted by molar-refractivity contribution is 0.196. The first-order chi connectivity index (χ1) is 8.29. The summed E-state index contributed by atoms with van der Waals surface area (Å²) in [5.41, 5.74) is 1.48. The van der Waals surface area contributed by atoms with Crippen LogP contribution in [-0.2, 0) is 0 Å². The molecule has 0 radical (unpaired) electrons. The second-order valence-electron chi connectivity index (χ2n) is 5.45. The van der Waals surface area contributed by atoms with Crippen molar-refractivity contribution in [2.24, 2.45) is 17.8 Å². The van der Waals surface area contributed by atoms with Crippen LogP contribution in [0.3, 0.4) is 0 Å². The SMILES string of the molecule is COc1ccc(C2C3C=CC(CC3)C2C)cc1. The second-order valence-corrected chi connectivity index (χ2v) is 5.45. The molecule has 0 aliphatic heterocycles. The zero-order valence-corrected chi connectivity index (χ0v) is 10.6. The van der Waals surface area contributed by atoms with Crippen molar-refractivity contribution in [2.45, 2.75) is 25.7 Å². The van der Waals surface area contributed by atoms with Crippen LogP contribution in [0.2, 0.25) is 0 Å². The first-order valence-corrected chi connectivity index (χ1v) is 6.62. The maximum atomic E-state index is 5.23. The van der Waals surface area contributed by atoms with Crippen molar-refractivity contribution in [1.29, 1.82) is 0 Å². The summed E-state index contributed by atoms with van der Waals surface area (Å²) < 4.78 is 5.23. The summed E-state index contributed by atoms with van der Waals surface area (Å²) in [5, 5.41) is 0. The van der Waals surface area contributed by atoms with E-state index in [-0.39, 0.29) is 0 Å². The highest BCUT2D eigenvalue weighted by molar-refractivity contribution is 5.32. The highest BCUT2D eigenvalue weighted by atomic mass is 16.5. The molecule has 17 heavy (non-hydrogen) atoms. The highest BCUT2D eigenvalue weighted by Crippen LogP contribution is 2.49. The molecule has 0 amide bonds. The number of rotatable bonds is 2. The number of fused-ring (bicyclic) bond motifs is 2. The fourth-order valence-electron chi connectivity index (χ4n) is 3.63. The first-order valence-electron chi connectivity index (χ1n) is 6.62. The molecule has 0 heterocycles. The van der Waals surface area contributed by atoms with Gasteiger partial charge in [-0.1, -0.05) is 31.2 Å². The first kappa shape index (κ1) is 10.9. The van der Waals surface area contributed by atoms with E-state index < -0.39 is 0 Å². The van der Waals surface area contributed by atoms with E-state index in [2.05, 4.69) is 43.3 Å². The van der Waals surface area contributed by atoms with Gasteiger partial charge in [-0.25, -0.2) is 0 Å². The molecule has 4 unspecified atom stereocenters. The number of benzene rings is 1. The van der Waals surface area contributed by atoms with Crippen molar-refractivity contribution in [3.8, 4) is 5.75 Å². The van der Waals surface area contributed by atoms with E-state index in [1.807, 2.05) is 0 Å². The summed E-state index contributed by atoms with van der Waals surface area (Å²) >= 11 is 0. The lowest BCUT2D eigenvalue weighted by Gasteiger charge is -2.44. The van der Waals surface area contributed by atoms with Crippen LogP contribution in [0.25, 0.3) is 0 Å². The van der Waals surface area contributed by atoms with Crippen LogP contribution >= 0.6 is 0 Å². The number of hydrogen-bond donors (Lipinski definition) is 0. The van der Waals surface area contributed by atoms with Gasteiger partial charge in [0.15, 0.2) is 0 Å². The van der Waals surface area contributed by atoms with Crippen molar-refractivity contribution >= 4 is 0 Å². The van der Waals surface area contributed by atoms with Crippen LogP contribution in [0, 0.1) is 17.8 Å². The van der Waals surface area contributed by atoms with Gasteiger partial charge < -0.3 is 4.74 Å². The molecule has 1 nitrogen and oxygen atoms in total. The van der Waals surface area contributed by atoms with Crippen molar-refractivity contribution in [3.05, 3.63) is 42.0 Å². The molecule has 0 spiro atoms. The predicted octanol–water partition coefficient (Wildman–Crippen LogP) is 4.01. The van der Waals surface area contributed by atoms with Gasteiger partial charge >= 0.3 is 0 Å². The third-order valence-electron chi connectivity index (χ3n) is 4.64. The van der Waals surface area contributed by atoms with Gasteiger partial charge in [-0.15, -0.1) is 0 Å². The molecule has 90 valence electrons. The maximum Gasteiger partial charge on any atom is 0.118 e. The molecule has 0 N–H and O–H groups in total. The van der Waals surface area contributed by atoms with Crippen molar-refractivity contribution in [2.75, 3.05) is 7.11 Å². The minimum absolute atomic E-state index is 0.713. The van der Waals surface area contributed by atoms with Gasteiger partial charge in [0.1, 0.15) is 5.75 Å². The highest BCUT2D eigenvalue weighted by Gasteiger charge is 2.38. The van der Waals surface area contributed by atoms with Crippen molar-refractivity contribution in [1.82, 2.24) is 0 Å². The summed E-state index contributed by atoms with van der Waals surface area (Å²) in [6.45, 7) is 2.41. The Morgan fingerprint density at radius 2 is 1.65 bits per heavy atom. The molecule has 3 aliphatic rings. The van der Waals surface area contributed by atoms with Crippen LogP contribution in [0.4, 0.5) is 0 Å². The third-order valence-corrected chi connectivity index (χ3v) is 4.64. The maximum absolute atomic E-state index is 5.23. The minimum atomic E-state index is 0.713. The smallest absolute Gasteiger partial charge is 0.118 e. The molecule has 1 saturated carbocycles. The summed E-state index contributed by atoms with van der Waals surface area (Å²) in [4.78, 5) is 0. The fourth-order valence-corrected chi connectivity index (χ4v) is 3.63. The largest absolute Gasteiger partial charge is 0.497 e. The Bertz CT molecular complexity index is 418. The Kier molecular flexibility index (Phi) is 2.70. The van der Waals surface area contributed by atoms with Gasteiger partial charge in [0.05, 0.1) is 7.11 Å². The number of ether oxygens (including phenoxy) is 1. The number of hydrogen-bond acceptors (Lipinski definition) is 1. The molecule has 1 fully saturated rings. The molecule has 1 heteroatoms. The molecule has 3 aliphatic carbocycles. The summed E-state index contributed by atoms with van der Waals surface area (Å²) in [5.74, 6) is 4.00. The van der Waals surface area contributed by atoms with Crippen LogP contribution < -0.4 is 4.74 Å². The van der Waals surface area contributed by atoms with Gasteiger partial charge in [-0.3, -0.25) is 0 Å². The van der Waals surface area contributed by atoms with Crippen LogP contribution in [-0.4, -0.2) is 7.11 Å². The zero-order chi connectivity index (χ0) is 11.8. The number of methoxy groups -OCH3 is 1. The van der Waals surface area contributed by atoms with E-state index in [9.17, 15) is 0 Å². The van der Waals surface area contributed by atoms with E-state index in [4.69, 9.17) is 4.74 Å². The minimum Gasteiger partial charge on any atom is -0.497 e. The molecular weight excluding hydrogens is 208 g/mol. The Balaban J connectivity index is 1.90. The molecule has 1 aromatic carbocycles. The predicted molar refractivity (Wildman–Crippen MR) is 70.3 cm³/mol. The van der Waals surface area contributed by atoms with Crippen LogP contribution in [0.15, 0.2) is 36.4 Å². The van der Waals surface area contributed by atoms with E-state index in [1.165, 1.54) is 18.4 Å². The molecule has 2 bridgehead atoms. The van der Waals surface area contributed by atoms with Gasteiger partial charge in [0, 0.05) is 0 Å². The van der Waals surface area contributed by atoms with Gasteiger partial charge in [-0.05, 0) is 54.2 Å². The lowest BCUT2D eigenvalue weighted by Crippen LogP contribution is -2.33. The van der Waals surface area contributed by atoms with Crippen molar-refractivity contribution < 1.29 is 4.74 Å². The monoisotopic (exact) mass is 228 g/mol. The average molecular weight is 228 g/mol. The van der Waals surface area contributed by atoms with Crippen LogP contribution in [0.5, 0.6) is 5.75 Å². The van der Waals surface area contributed by atoms with E-state index in [0.717, 1.165) is 23.5 Å². The van der Waals surface area contributed by atoms with E-state index >= 15 is 0 Å². The average Bonchev–Trinajstić information content (AvgIpc) is 2.40. The number of allylic oxidation sites excluding steroid dienone is 2. The normalized spacial score (nSPS) is 34.9. The summed E-state index contributed by atoms with van der Waals surface area (Å²) in [6, 6.07) is 8.67. The van der Waals surface area contributed by atoms with Crippen LogP contribution in [0.1, 0.15) is 31.2 Å². The summed E-state index contributed by atoms with van der Waals surface area (Å²) in [7, 11) is 1.73. The molecule has 1 aromatic rings. The Labute approximate surface area is 103 Å².